The minimum absolute atomic E-state index is 0.1000. The largest absolute Gasteiger partial charge is 0.454 e. The van der Waals surface area contributed by atoms with E-state index in [4.69, 9.17) is 10.5 Å². The molecule has 0 aliphatic rings. The molecule has 0 bridgehead atoms. The lowest BCUT2D eigenvalue weighted by molar-refractivity contribution is -0.149. The number of carbonyl (C=O) groups is 3. The van der Waals surface area contributed by atoms with E-state index < -0.39 is 42.2 Å². The minimum atomic E-state index is -1.11. The summed E-state index contributed by atoms with van der Waals surface area (Å²) in [4.78, 5) is 35.0. The van der Waals surface area contributed by atoms with Crippen LogP contribution in [0.5, 0.6) is 0 Å². The second-order valence-corrected chi connectivity index (χ2v) is 5.53. The number of hydrogen-bond acceptors (Lipinski definition) is 4. The zero-order valence-electron chi connectivity index (χ0n) is 14.1. The smallest absolute Gasteiger partial charge is 0.329 e. The summed E-state index contributed by atoms with van der Waals surface area (Å²) >= 11 is 0. The molecule has 0 aromatic heterocycles. The third kappa shape index (κ3) is 6.38. The first-order valence-electron chi connectivity index (χ1n) is 7.86. The van der Waals surface area contributed by atoms with Crippen molar-refractivity contribution in [3.05, 3.63) is 65.7 Å². The number of anilines is 1. The highest BCUT2D eigenvalue weighted by atomic mass is 19.1. The average molecular weight is 377 g/mol. The summed E-state index contributed by atoms with van der Waals surface area (Å²) in [7, 11) is 0. The summed E-state index contributed by atoms with van der Waals surface area (Å²) in [6, 6.07) is 9.27. The summed E-state index contributed by atoms with van der Waals surface area (Å²) in [6.45, 7) is -0.749. The molecule has 0 saturated carbocycles. The molecule has 2 rings (SSSR count). The van der Waals surface area contributed by atoms with Gasteiger partial charge in [-0.25, -0.2) is 18.4 Å². The van der Waals surface area contributed by atoms with E-state index in [1.165, 1.54) is 0 Å². The number of amides is 3. The fraction of sp³-hybridized carbons (Fsp3) is 0.167. The number of urea groups is 1. The molecule has 27 heavy (non-hydrogen) atoms. The highest BCUT2D eigenvalue weighted by Gasteiger charge is 2.23. The number of esters is 1. The first-order valence-corrected chi connectivity index (χ1v) is 7.86. The van der Waals surface area contributed by atoms with Crippen LogP contribution in [-0.4, -0.2) is 30.6 Å². The van der Waals surface area contributed by atoms with Gasteiger partial charge in [-0.05, 0) is 17.7 Å². The van der Waals surface area contributed by atoms with E-state index in [1.54, 1.807) is 30.3 Å². The second kappa shape index (κ2) is 9.27. The standard InChI is InChI=1S/C18H17F2N3O4/c19-12-6-7-13(20)14(9-12)22-16(24)10-27-17(25)15(23-18(21)26)8-11-4-2-1-3-5-11/h1-7,9,15H,8,10H2,(H,22,24)(H3,21,23,26)/t15-/m0/s1. The number of carbonyl (C=O) groups excluding carboxylic acids is 3. The van der Waals surface area contributed by atoms with Crippen molar-refractivity contribution in [3.8, 4) is 0 Å². The fourth-order valence-electron chi connectivity index (χ4n) is 2.23. The molecule has 0 aliphatic heterocycles. The Morgan fingerprint density at radius 3 is 2.44 bits per heavy atom. The van der Waals surface area contributed by atoms with E-state index in [2.05, 4.69) is 10.6 Å². The molecule has 9 heteroatoms. The number of ether oxygens (including phenoxy) is 1. The van der Waals surface area contributed by atoms with Crippen molar-refractivity contribution in [2.24, 2.45) is 5.73 Å². The molecule has 0 heterocycles. The lowest BCUT2D eigenvalue weighted by atomic mass is 10.1. The van der Waals surface area contributed by atoms with Gasteiger partial charge >= 0.3 is 12.0 Å². The van der Waals surface area contributed by atoms with Crippen molar-refractivity contribution in [2.45, 2.75) is 12.5 Å². The second-order valence-electron chi connectivity index (χ2n) is 5.53. The minimum Gasteiger partial charge on any atom is -0.454 e. The topological polar surface area (TPSA) is 111 Å². The SMILES string of the molecule is NC(=O)N[C@@H](Cc1ccccc1)C(=O)OCC(=O)Nc1cc(F)ccc1F. The third-order valence-electron chi connectivity index (χ3n) is 3.43. The van der Waals surface area contributed by atoms with Gasteiger partial charge < -0.3 is 21.1 Å². The number of rotatable bonds is 7. The van der Waals surface area contributed by atoms with Crippen LogP contribution >= 0.6 is 0 Å². The average Bonchev–Trinajstić information content (AvgIpc) is 2.62. The van der Waals surface area contributed by atoms with E-state index in [1.807, 2.05) is 0 Å². The van der Waals surface area contributed by atoms with Gasteiger partial charge in [0.25, 0.3) is 5.91 Å². The zero-order chi connectivity index (χ0) is 19.8. The van der Waals surface area contributed by atoms with Crippen LogP contribution in [0.4, 0.5) is 19.3 Å². The molecule has 0 fully saturated rings. The van der Waals surface area contributed by atoms with Crippen molar-refractivity contribution in [1.82, 2.24) is 5.32 Å². The predicted molar refractivity (Wildman–Crippen MR) is 92.6 cm³/mol. The van der Waals surface area contributed by atoms with Gasteiger partial charge in [0.05, 0.1) is 5.69 Å². The van der Waals surface area contributed by atoms with Crippen LogP contribution < -0.4 is 16.4 Å². The summed E-state index contributed by atoms with van der Waals surface area (Å²) in [5.74, 6) is -3.34. The summed E-state index contributed by atoms with van der Waals surface area (Å²) < 4.78 is 31.4. The zero-order valence-corrected chi connectivity index (χ0v) is 14.1. The van der Waals surface area contributed by atoms with Crippen molar-refractivity contribution in [1.29, 1.82) is 0 Å². The lowest BCUT2D eigenvalue weighted by Crippen LogP contribution is -2.46. The Kier molecular flexibility index (Phi) is 6.81. The van der Waals surface area contributed by atoms with Crippen LogP contribution in [-0.2, 0) is 20.7 Å². The fourth-order valence-corrected chi connectivity index (χ4v) is 2.23. The normalized spacial score (nSPS) is 11.3. The highest BCUT2D eigenvalue weighted by Crippen LogP contribution is 2.15. The van der Waals surface area contributed by atoms with Gasteiger partial charge in [0.1, 0.15) is 17.7 Å². The van der Waals surface area contributed by atoms with Crippen LogP contribution in [0.25, 0.3) is 0 Å². The molecule has 7 nitrogen and oxygen atoms in total. The van der Waals surface area contributed by atoms with E-state index in [-0.39, 0.29) is 12.1 Å². The monoisotopic (exact) mass is 377 g/mol. The Hall–Kier alpha value is -3.49. The maximum atomic E-state index is 13.5. The summed E-state index contributed by atoms with van der Waals surface area (Å²) in [6.07, 6.45) is 0.1000. The van der Waals surface area contributed by atoms with Gasteiger partial charge in [-0.15, -0.1) is 0 Å². The number of hydrogen-bond donors (Lipinski definition) is 3. The Morgan fingerprint density at radius 2 is 1.78 bits per heavy atom. The van der Waals surface area contributed by atoms with E-state index in [0.717, 1.165) is 23.8 Å². The molecule has 3 amide bonds. The molecule has 0 saturated heterocycles. The number of primary amides is 1. The van der Waals surface area contributed by atoms with Gasteiger partial charge in [0.15, 0.2) is 6.61 Å². The van der Waals surface area contributed by atoms with Crippen LogP contribution in [0, 0.1) is 11.6 Å². The molecule has 0 unspecified atom stereocenters. The third-order valence-corrected chi connectivity index (χ3v) is 3.43. The Labute approximate surface area is 153 Å². The lowest BCUT2D eigenvalue weighted by Gasteiger charge is -2.16. The molecule has 2 aromatic carbocycles. The maximum absolute atomic E-state index is 13.5. The molecular formula is C18H17F2N3O4. The number of benzene rings is 2. The van der Waals surface area contributed by atoms with E-state index in [0.29, 0.717) is 0 Å². The molecule has 1 atom stereocenters. The quantitative estimate of drug-likeness (QED) is 0.638. The first-order chi connectivity index (χ1) is 12.8. The molecule has 4 N–H and O–H groups in total. The molecule has 0 spiro atoms. The number of nitrogens with two attached hydrogens (primary N) is 1. The van der Waals surface area contributed by atoms with Crippen molar-refractivity contribution in [3.63, 3.8) is 0 Å². The van der Waals surface area contributed by atoms with Gasteiger partial charge in [0, 0.05) is 12.5 Å². The van der Waals surface area contributed by atoms with E-state index >= 15 is 0 Å². The maximum Gasteiger partial charge on any atom is 0.329 e. The molecule has 2 aromatic rings. The number of nitrogens with one attached hydrogen (secondary N) is 2. The first kappa shape index (κ1) is 19.8. The number of halogens is 2. The highest BCUT2D eigenvalue weighted by molar-refractivity contribution is 5.93. The Bertz CT molecular complexity index is 831. The van der Waals surface area contributed by atoms with Crippen LogP contribution in [0.2, 0.25) is 0 Å². The van der Waals surface area contributed by atoms with Gasteiger partial charge in [-0.3, -0.25) is 4.79 Å². The summed E-state index contributed by atoms with van der Waals surface area (Å²) in [5.41, 5.74) is 5.41. The van der Waals surface area contributed by atoms with Crippen LogP contribution in [0.1, 0.15) is 5.56 Å². The van der Waals surface area contributed by atoms with Crippen molar-refractivity contribution < 1.29 is 27.9 Å². The van der Waals surface area contributed by atoms with Crippen LogP contribution in [0.3, 0.4) is 0 Å². The van der Waals surface area contributed by atoms with Crippen LogP contribution in [0.15, 0.2) is 48.5 Å². The molecule has 142 valence electrons. The molecule has 0 radical (unpaired) electrons. The van der Waals surface area contributed by atoms with E-state index in [9.17, 15) is 23.2 Å². The Balaban J connectivity index is 1.94. The molecular weight excluding hydrogens is 360 g/mol. The summed E-state index contributed by atoms with van der Waals surface area (Å²) in [5, 5.41) is 4.33. The van der Waals surface area contributed by atoms with Gasteiger partial charge in [-0.1, -0.05) is 30.3 Å². The predicted octanol–water partition coefficient (Wildman–Crippen LogP) is 1.73. The molecule has 0 aliphatic carbocycles. The van der Waals surface area contributed by atoms with Gasteiger partial charge in [-0.2, -0.15) is 0 Å². The van der Waals surface area contributed by atoms with Crippen molar-refractivity contribution in [2.75, 3.05) is 11.9 Å². The van der Waals surface area contributed by atoms with Crippen molar-refractivity contribution >= 4 is 23.6 Å². The van der Waals surface area contributed by atoms with Gasteiger partial charge in [0.2, 0.25) is 0 Å². The Morgan fingerprint density at radius 1 is 1.07 bits per heavy atom.